The predicted molar refractivity (Wildman–Crippen MR) is 56.6 cm³/mol. The number of aliphatic hydroxyl groups excluding tert-OH is 1. The fourth-order valence-electron chi connectivity index (χ4n) is 1.35. The third-order valence-electron chi connectivity index (χ3n) is 2.06. The van der Waals surface area contributed by atoms with Gasteiger partial charge >= 0.3 is 0 Å². The van der Waals surface area contributed by atoms with Gasteiger partial charge in [-0.25, -0.2) is 0 Å². The van der Waals surface area contributed by atoms with E-state index in [-0.39, 0.29) is 5.57 Å². The van der Waals surface area contributed by atoms with Crippen LogP contribution in [0.3, 0.4) is 0 Å². The highest BCUT2D eigenvalue weighted by molar-refractivity contribution is 5.77. The molecule has 0 unspecified atom stereocenters. The molecule has 0 spiro atoms. The molecule has 3 heteroatoms. The second kappa shape index (κ2) is 5.47. The molecule has 0 atom stereocenters. The third kappa shape index (κ3) is 2.59. The van der Waals surface area contributed by atoms with Crippen LogP contribution in [0.25, 0.3) is 5.57 Å². The average Bonchev–Trinajstić information content (AvgIpc) is 2.29. The smallest absolute Gasteiger partial charge is 0.103 e. The minimum atomic E-state index is 0.225. The SMILES string of the molecule is N#CCCc1ccccc1/C(C#N)=C/O. The van der Waals surface area contributed by atoms with Gasteiger partial charge in [0.15, 0.2) is 0 Å². The lowest BCUT2D eigenvalue weighted by Gasteiger charge is -2.05. The quantitative estimate of drug-likeness (QED) is 0.599. The van der Waals surface area contributed by atoms with E-state index in [9.17, 15) is 0 Å². The van der Waals surface area contributed by atoms with Gasteiger partial charge in [0, 0.05) is 6.42 Å². The molecule has 1 aromatic rings. The number of aliphatic hydroxyl groups is 1. The maximum atomic E-state index is 8.88. The molecule has 74 valence electrons. The first-order valence-electron chi connectivity index (χ1n) is 4.53. The molecule has 0 radical (unpaired) electrons. The summed E-state index contributed by atoms with van der Waals surface area (Å²) in [7, 11) is 0. The Balaban J connectivity index is 3.08. The van der Waals surface area contributed by atoms with E-state index < -0.39 is 0 Å². The molecule has 0 bridgehead atoms. The van der Waals surface area contributed by atoms with Gasteiger partial charge in [0.25, 0.3) is 0 Å². The summed E-state index contributed by atoms with van der Waals surface area (Å²) in [5, 5.41) is 26.2. The molecule has 0 amide bonds. The van der Waals surface area contributed by atoms with E-state index in [1.165, 1.54) is 0 Å². The van der Waals surface area contributed by atoms with Crippen molar-refractivity contribution in [3.8, 4) is 12.1 Å². The van der Waals surface area contributed by atoms with Crippen molar-refractivity contribution in [3.05, 3.63) is 41.7 Å². The molecule has 0 heterocycles. The predicted octanol–water partition coefficient (Wildman–Crippen LogP) is 2.57. The van der Waals surface area contributed by atoms with Gasteiger partial charge in [0.1, 0.15) is 6.07 Å². The molecular formula is C12H10N2O. The van der Waals surface area contributed by atoms with Crippen LogP contribution in [0.15, 0.2) is 30.5 Å². The molecule has 15 heavy (non-hydrogen) atoms. The largest absolute Gasteiger partial charge is 0.514 e. The molecule has 0 saturated heterocycles. The maximum Gasteiger partial charge on any atom is 0.103 e. The third-order valence-corrected chi connectivity index (χ3v) is 2.06. The Morgan fingerprint density at radius 1 is 1.33 bits per heavy atom. The summed E-state index contributed by atoms with van der Waals surface area (Å²) >= 11 is 0. The van der Waals surface area contributed by atoms with E-state index in [1.54, 1.807) is 12.1 Å². The number of nitriles is 2. The van der Waals surface area contributed by atoms with Gasteiger partial charge in [0.05, 0.1) is 17.9 Å². The van der Waals surface area contributed by atoms with Crippen molar-refractivity contribution >= 4 is 5.57 Å². The molecule has 1 aromatic carbocycles. The molecule has 0 aromatic heterocycles. The van der Waals surface area contributed by atoms with E-state index in [1.807, 2.05) is 18.2 Å². The van der Waals surface area contributed by atoms with Gasteiger partial charge in [-0.1, -0.05) is 24.3 Å². The summed E-state index contributed by atoms with van der Waals surface area (Å²) < 4.78 is 0. The lowest BCUT2D eigenvalue weighted by molar-refractivity contribution is 0.476. The average molecular weight is 198 g/mol. The molecule has 0 aliphatic carbocycles. The highest BCUT2D eigenvalue weighted by Gasteiger charge is 2.06. The first-order valence-corrected chi connectivity index (χ1v) is 4.53. The Labute approximate surface area is 88.5 Å². The summed E-state index contributed by atoms with van der Waals surface area (Å²) in [6.07, 6.45) is 1.79. The molecular weight excluding hydrogens is 188 g/mol. The monoisotopic (exact) mass is 198 g/mol. The number of benzene rings is 1. The topological polar surface area (TPSA) is 67.8 Å². The van der Waals surface area contributed by atoms with Gasteiger partial charge in [0.2, 0.25) is 0 Å². The van der Waals surface area contributed by atoms with Crippen molar-refractivity contribution in [2.24, 2.45) is 0 Å². The van der Waals surface area contributed by atoms with Crippen LogP contribution in [0.2, 0.25) is 0 Å². The normalized spacial score (nSPS) is 10.4. The highest BCUT2D eigenvalue weighted by Crippen LogP contribution is 2.19. The first kappa shape index (κ1) is 10.8. The number of aryl methyl sites for hydroxylation is 1. The molecule has 1 N–H and O–H groups in total. The fraction of sp³-hybridized carbons (Fsp3) is 0.167. The summed E-state index contributed by atoms with van der Waals surface area (Å²) in [5.74, 6) is 0. The van der Waals surface area contributed by atoms with Crippen molar-refractivity contribution in [2.75, 3.05) is 0 Å². The minimum Gasteiger partial charge on any atom is -0.514 e. The summed E-state index contributed by atoms with van der Waals surface area (Å²) in [6.45, 7) is 0. The van der Waals surface area contributed by atoms with E-state index in [2.05, 4.69) is 6.07 Å². The first-order chi connectivity index (χ1) is 7.33. The van der Waals surface area contributed by atoms with Gasteiger partial charge < -0.3 is 5.11 Å². The number of rotatable bonds is 3. The van der Waals surface area contributed by atoms with Crippen molar-refractivity contribution in [1.82, 2.24) is 0 Å². The Morgan fingerprint density at radius 2 is 2.07 bits per heavy atom. The van der Waals surface area contributed by atoms with Gasteiger partial charge in [-0.2, -0.15) is 10.5 Å². The Morgan fingerprint density at radius 3 is 2.67 bits per heavy atom. The summed E-state index contributed by atoms with van der Waals surface area (Å²) in [4.78, 5) is 0. The van der Waals surface area contributed by atoms with Crippen molar-refractivity contribution in [1.29, 1.82) is 10.5 Å². The summed E-state index contributed by atoms with van der Waals surface area (Å²) in [5.41, 5.74) is 1.82. The zero-order chi connectivity index (χ0) is 11.1. The molecule has 0 fully saturated rings. The van der Waals surface area contributed by atoms with Crippen LogP contribution >= 0.6 is 0 Å². The number of hydrogen-bond acceptors (Lipinski definition) is 3. The zero-order valence-electron chi connectivity index (χ0n) is 8.14. The van der Waals surface area contributed by atoms with Crippen LogP contribution < -0.4 is 0 Å². The van der Waals surface area contributed by atoms with Crippen LogP contribution in [-0.4, -0.2) is 5.11 Å². The van der Waals surface area contributed by atoms with Crippen LogP contribution in [0.1, 0.15) is 17.5 Å². The number of allylic oxidation sites excluding steroid dienone is 1. The molecule has 1 rings (SSSR count). The van der Waals surface area contributed by atoms with Gasteiger partial charge in [-0.3, -0.25) is 0 Å². The second-order valence-corrected chi connectivity index (χ2v) is 2.97. The number of hydrogen-bond donors (Lipinski definition) is 1. The van der Waals surface area contributed by atoms with Gasteiger partial charge in [-0.05, 0) is 17.5 Å². The molecule has 0 aliphatic rings. The van der Waals surface area contributed by atoms with Crippen LogP contribution in [0.5, 0.6) is 0 Å². The van der Waals surface area contributed by atoms with Crippen molar-refractivity contribution in [3.63, 3.8) is 0 Å². The Bertz CT molecular complexity index is 449. The standard InChI is InChI=1S/C12H10N2O/c13-7-3-5-10-4-1-2-6-12(10)11(8-14)9-15/h1-2,4,6,9,15H,3,5H2/b11-9+. The molecule has 3 nitrogen and oxygen atoms in total. The maximum absolute atomic E-state index is 8.88. The fourth-order valence-corrected chi connectivity index (χ4v) is 1.35. The van der Waals surface area contributed by atoms with E-state index in [0.717, 1.165) is 11.8 Å². The van der Waals surface area contributed by atoms with Crippen LogP contribution in [-0.2, 0) is 6.42 Å². The minimum absolute atomic E-state index is 0.225. The van der Waals surface area contributed by atoms with E-state index >= 15 is 0 Å². The van der Waals surface area contributed by atoms with Gasteiger partial charge in [-0.15, -0.1) is 0 Å². The van der Waals surface area contributed by atoms with E-state index in [4.69, 9.17) is 15.6 Å². The van der Waals surface area contributed by atoms with Crippen molar-refractivity contribution in [2.45, 2.75) is 12.8 Å². The number of nitrogens with zero attached hydrogens (tertiary/aromatic N) is 2. The molecule has 0 aliphatic heterocycles. The lowest BCUT2D eigenvalue weighted by atomic mass is 9.98. The second-order valence-electron chi connectivity index (χ2n) is 2.97. The zero-order valence-corrected chi connectivity index (χ0v) is 8.14. The molecule has 0 saturated carbocycles. The Hall–Kier alpha value is -2.26. The Kier molecular flexibility index (Phi) is 3.94. The van der Waals surface area contributed by atoms with Crippen LogP contribution in [0.4, 0.5) is 0 Å². The van der Waals surface area contributed by atoms with E-state index in [0.29, 0.717) is 18.4 Å². The van der Waals surface area contributed by atoms with Crippen molar-refractivity contribution < 1.29 is 5.11 Å². The van der Waals surface area contributed by atoms with Crippen LogP contribution in [0, 0.1) is 22.7 Å². The lowest BCUT2D eigenvalue weighted by Crippen LogP contribution is -1.92. The highest BCUT2D eigenvalue weighted by atomic mass is 16.2. The summed E-state index contributed by atoms with van der Waals surface area (Å²) in [6, 6.07) is 11.2.